The summed E-state index contributed by atoms with van der Waals surface area (Å²) in [6, 6.07) is 6.22. The van der Waals surface area contributed by atoms with Gasteiger partial charge in [-0.25, -0.2) is 9.18 Å². The first-order valence-corrected chi connectivity index (χ1v) is 8.48. The van der Waals surface area contributed by atoms with E-state index in [1.807, 2.05) is 20.8 Å². The number of carbonyl (C=O) groups is 1. The topological polar surface area (TPSA) is 64.6 Å². The molecule has 1 aromatic rings. The van der Waals surface area contributed by atoms with Crippen molar-refractivity contribution in [2.24, 2.45) is 0 Å². The molecule has 0 heterocycles. The largest absolute Gasteiger partial charge is 0.387 e. The number of benzene rings is 1. The second-order valence-corrected chi connectivity index (χ2v) is 7.42. The second-order valence-electron chi connectivity index (χ2n) is 7.42. The lowest BCUT2D eigenvalue weighted by Crippen LogP contribution is -2.48. The number of nitrogens with zero attached hydrogens (tertiary/aromatic N) is 1. The Labute approximate surface area is 143 Å². The van der Waals surface area contributed by atoms with Crippen LogP contribution in [0, 0.1) is 5.82 Å². The van der Waals surface area contributed by atoms with Crippen LogP contribution in [0.3, 0.4) is 0 Å². The zero-order chi connectivity index (χ0) is 17.7. The highest BCUT2D eigenvalue weighted by Crippen LogP contribution is 2.28. The van der Waals surface area contributed by atoms with Crippen molar-refractivity contribution in [1.82, 2.24) is 15.5 Å². The van der Waals surface area contributed by atoms with E-state index in [4.69, 9.17) is 0 Å². The summed E-state index contributed by atoms with van der Waals surface area (Å²) in [4.78, 5) is 14.0. The maximum Gasteiger partial charge on any atom is 0.315 e. The van der Waals surface area contributed by atoms with Gasteiger partial charge in [-0.15, -0.1) is 0 Å². The molecule has 2 amide bonds. The molecule has 1 aromatic carbocycles. The van der Waals surface area contributed by atoms with Crippen LogP contribution in [-0.2, 0) is 0 Å². The highest BCUT2D eigenvalue weighted by atomic mass is 19.1. The molecule has 0 spiro atoms. The summed E-state index contributed by atoms with van der Waals surface area (Å²) in [6.07, 6.45) is 1.57. The summed E-state index contributed by atoms with van der Waals surface area (Å²) in [6.45, 7) is 7.49. The van der Waals surface area contributed by atoms with E-state index in [9.17, 15) is 14.3 Å². The number of urea groups is 1. The summed E-state index contributed by atoms with van der Waals surface area (Å²) in [5.74, 6) is -0.306. The first-order chi connectivity index (χ1) is 11.2. The smallest absolute Gasteiger partial charge is 0.315 e. The van der Waals surface area contributed by atoms with Gasteiger partial charge in [0.15, 0.2) is 0 Å². The van der Waals surface area contributed by atoms with E-state index in [2.05, 4.69) is 15.5 Å². The molecular formula is C18H28FN3O2. The molecule has 6 heteroatoms. The predicted molar refractivity (Wildman–Crippen MR) is 92.2 cm³/mol. The van der Waals surface area contributed by atoms with Gasteiger partial charge in [0.05, 0.1) is 6.10 Å². The number of aliphatic hydroxyl groups excluding tert-OH is 1. The minimum absolute atomic E-state index is 0.183. The van der Waals surface area contributed by atoms with Crippen LogP contribution in [-0.4, -0.2) is 47.3 Å². The van der Waals surface area contributed by atoms with E-state index in [1.54, 1.807) is 12.1 Å². The molecule has 1 aliphatic carbocycles. The fraction of sp³-hybridized carbons (Fsp3) is 0.611. The van der Waals surface area contributed by atoms with Gasteiger partial charge in [-0.1, -0.05) is 12.1 Å². The molecule has 1 atom stereocenters. The zero-order valence-electron chi connectivity index (χ0n) is 14.7. The number of hydrogen-bond donors (Lipinski definition) is 3. The highest BCUT2D eigenvalue weighted by molar-refractivity contribution is 5.74. The van der Waals surface area contributed by atoms with Crippen LogP contribution in [0.5, 0.6) is 0 Å². The van der Waals surface area contributed by atoms with Gasteiger partial charge < -0.3 is 15.7 Å². The molecule has 1 fully saturated rings. The van der Waals surface area contributed by atoms with Gasteiger partial charge in [-0.05, 0) is 51.3 Å². The molecule has 0 aliphatic heterocycles. The van der Waals surface area contributed by atoms with Crippen LogP contribution in [0.2, 0.25) is 0 Å². The van der Waals surface area contributed by atoms with Gasteiger partial charge in [0.2, 0.25) is 0 Å². The Morgan fingerprint density at radius 2 is 1.96 bits per heavy atom. The van der Waals surface area contributed by atoms with Gasteiger partial charge in [0.1, 0.15) is 5.82 Å². The fourth-order valence-electron chi connectivity index (χ4n) is 2.57. The van der Waals surface area contributed by atoms with Gasteiger partial charge >= 0.3 is 6.03 Å². The van der Waals surface area contributed by atoms with Crippen LogP contribution in [0.15, 0.2) is 24.3 Å². The van der Waals surface area contributed by atoms with Crippen LogP contribution in [0.1, 0.15) is 45.3 Å². The lowest BCUT2D eigenvalue weighted by molar-refractivity contribution is 0.109. The van der Waals surface area contributed by atoms with E-state index in [1.165, 1.54) is 12.1 Å². The highest BCUT2D eigenvalue weighted by Gasteiger charge is 2.30. The number of halogens is 1. The van der Waals surface area contributed by atoms with Crippen LogP contribution < -0.4 is 10.6 Å². The average molecular weight is 337 g/mol. The Hall–Kier alpha value is -1.66. The van der Waals surface area contributed by atoms with Crippen molar-refractivity contribution >= 4 is 6.03 Å². The third-order valence-corrected chi connectivity index (χ3v) is 3.90. The van der Waals surface area contributed by atoms with Crippen molar-refractivity contribution in [1.29, 1.82) is 0 Å². The maximum absolute atomic E-state index is 13.0. The molecule has 2 rings (SSSR count). The molecule has 5 nitrogen and oxygen atoms in total. The molecule has 0 radical (unpaired) electrons. The minimum Gasteiger partial charge on any atom is -0.387 e. The first kappa shape index (κ1) is 18.7. The van der Waals surface area contributed by atoms with Crippen molar-refractivity contribution in [3.05, 3.63) is 35.6 Å². The second kappa shape index (κ2) is 7.94. The lowest BCUT2D eigenvalue weighted by Gasteiger charge is -2.26. The normalized spacial score (nSPS) is 16.1. The number of nitrogens with one attached hydrogen (secondary N) is 2. The number of amides is 2. The molecule has 1 aliphatic rings. The molecule has 24 heavy (non-hydrogen) atoms. The monoisotopic (exact) mass is 337 g/mol. The Morgan fingerprint density at radius 3 is 2.50 bits per heavy atom. The molecule has 0 bridgehead atoms. The Bertz CT molecular complexity index is 538. The average Bonchev–Trinajstić information content (AvgIpc) is 3.29. The van der Waals surface area contributed by atoms with Gasteiger partial charge in [-0.3, -0.25) is 4.90 Å². The van der Waals surface area contributed by atoms with Crippen LogP contribution in [0.4, 0.5) is 9.18 Å². The minimum atomic E-state index is -0.658. The summed E-state index contributed by atoms with van der Waals surface area (Å²) in [7, 11) is 0. The molecule has 1 unspecified atom stereocenters. The van der Waals surface area contributed by atoms with Crippen molar-refractivity contribution in [3.63, 3.8) is 0 Å². The van der Waals surface area contributed by atoms with E-state index >= 15 is 0 Å². The molecule has 3 N–H and O–H groups in total. The van der Waals surface area contributed by atoms with Crippen LogP contribution >= 0.6 is 0 Å². The van der Waals surface area contributed by atoms with Gasteiger partial charge in [0.25, 0.3) is 0 Å². The van der Waals surface area contributed by atoms with Gasteiger partial charge in [0, 0.05) is 31.2 Å². The predicted octanol–water partition coefficient (Wildman–Crippen LogP) is 2.42. The molecule has 0 saturated heterocycles. The summed E-state index contributed by atoms with van der Waals surface area (Å²) in [5, 5.41) is 16.1. The summed E-state index contributed by atoms with van der Waals surface area (Å²) >= 11 is 0. The Balaban J connectivity index is 1.80. The van der Waals surface area contributed by atoms with Crippen molar-refractivity contribution in [2.45, 2.75) is 51.3 Å². The number of hydrogen-bond acceptors (Lipinski definition) is 3. The van der Waals surface area contributed by atoms with E-state index in [0.29, 0.717) is 31.2 Å². The van der Waals surface area contributed by atoms with Crippen molar-refractivity contribution in [2.75, 3.05) is 19.6 Å². The third-order valence-electron chi connectivity index (χ3n) is 3.90. The SMILES string of the molecule is CC(C)(C)NC(=O)NCCN(CC(O)c1ccc(F)cc1)C1CC1. The Morgan fingerprint density at radius 1 is 1.33 bits per heavy atom. The summed E-state index contributed by atoms with van der Waals surface area (Å²) in [5.41, 5.74) is 0.444. The molecule has 1 saturated carbocycles. The Kier molecular flexibility index (Phi) is 6.18. The van der Waals surface area contributed by atoms with Gasteiger partial charge in [-0.2, -0.15) is 0 Å². The number of carbonyl (C=O) groups excluding carboxylic acids is 1. The summed E-state index contributed by atoms with van der Waals surface area (Å²) < 4.78 is 13.0. The van der Waals surface area contributed by atoms with Crippen molar-refractivity contribution in [3.8, 4) is 0 Å². The zero-order valence-corrected chi connectivity index (χ0v) is 14.7. The molecular weight excluding hydrogens is 309 g/mol. The molecule has 134 valence electrons. The van der Waals surface area contributed by atoms with E-state index in [0.717, 1.165) is 12.8 Å². The van der Waals surface area contributed by atoms with Crippen molar-refractivity contribution < 1.29 is 14.3 Å². The number of aliphatic hydroxyl groups is 1. The van der Waals surface area contributed by atoms with E-state index in [-0.39, 0.29) is 17.4 Å². The third kappa shape index (κ3) is 6.45. The lowest BCUT2D eigenvalue weighted by atomic mass is 10.1. The quantitative estimate of drug-likeness (QED) is 0.716. The number of rotatable bonds is 7. The molecule has 0 aromatic heterocycles. The fourth-order valence-corrected chi connectivity index (χ4v) is 2.57. The first-order valence-electron chi connectivity index (χ1n) is 8.48. The van der Waals surface area contributed by atoms with Crippen LogP contribution in [0.25, 0.3) is 0 Å². The van der Waals surface area contributed by atoms with E-state index < -0.39 is 6.10 Å². The standard InChI is InChI=1S/C18H28FN3O2/c1-18(2,3)21-17(24)20-10-11-22(15-8-9-15)12-16(23)13-4-6-14(19)7-5-13/h4-7,15-16,23H,8-12H2,1-3H3,(H2,20,21,24). The maximum atomic E-state index is 13.0.